The number of nitrogens with two attached hydrogens (primary N) is 1. The van der Waals surface area contributed by atoms with Gasteiger partial charge in [-0.3, -0.25) is 10.2 Å². The number of hydrogen-bond acceptors (Lipinski definition) is 6. The zero-order valence-electron chi connectivity index (χ0n) is 9.64. The van der Waals surface area contributed by atoms with Crippen LogP contribution in [-0.4, -0.2) is 55.7 Å². The number of aromatic carboxylic acids is 1. The van der Waals surface area contributed by atoms with Gasteiger partial charge in [-0.2, -0.15) is 0 Å². The molecule has 18 heavy (non-hydrogen) atoms. The number of ether oxygens (including phenoxy) is 1. The van der Waals surface area contributed by atoms with Crippen molar-refractivity contribution in [2.24, 2.45) is 5.73 Å². The summed E-state index contributed by atoms with van der Waals surface area (Å²) >= 11 is 0. The molecule has 0 heterocycles. The number of para-hydroxylation sites is 1. The van der Waals surface area contributed by atoms with Crippen molar-refractivity contribution in [3.8, 4) is 5.75 Å². The van der Waals surface area contributed by atoms with E-state index in [1.165, 1.54) is 25.1 Å². The van der Waals surface area contributed by atoms with Gasteiger partial charge in [0.1, 0.15) is 5.75 Å². The summed E-state index contributed by atoms with van der Waals surface area (Å²) in [6.07, 6.45) is 0. The average Bonchev–Trinajstić information content (AvgIpc) is 2.16. The molecule has 0 aromatic heterocycles. The van der Waals surface area contributed by atoms with Crippen LogP contribution in [0.25, 0.3) is 0 Å². The van der Waals surface area contributed by atoms with E-state index in [2.05, 4.69) is 10.5 Å². The fraction of sp³-hybridized carbons (Fsp3) is 0.100. The standard InChI is InChI=1S/C9H8O4.CH4N2O.Ca/c1-6(10)13-8-5-3-2-4-7(8)9(11)12;2-1(3)4;/h2-5H,1H3,(H,11,12);(H4,2,3,4);/q;;+2/p-2. The van der Waals surface area contributed by atoms with Crippen molar-refractivity contribution in [2.45, 2.75) is 6.92 Å². The SMILES string of the molecule is CC(=O)Oc1ccccc1C(=O)[O-].N=C(N)[O-].[Ca+2]. The Balaban J connectivity index is 0. The molecule has 0 bridgehead atoms. The molecule has 0 amide bonds. The molecule has 0 aliphatic carbocycles. The maximum absolute atomic E-state index is 10.6. The third-order valence-corrected chi connectivity index (χ3v) is 1.36. The summed E-state index contributed by atoms with van der Waals surface area (Å²) in [6, 6.07) is 4.73. The van der Waals surface area contributed by atoms with Crippen molar-refractivity contribution < 1.29 is 24.5 Å². The molecule has 0 aliphatic rings. The molecule has 0 atom stereocenters. The first-order valence-electron chi connectivity index (χ1n) is 4.34. The Morgan fingerprint density at radius 1 is 1.28 bits per heavy atom. The molecule has 1 aromatic carbocycles. The van der Waals surface area contributed by atoms with Crippen LogP contribution in [0.15, 0.2) is 24.3 Å². The molecule has 0 saturated carbocycles. The third kappa shape index (κ3) is 8.80. The smallest absolute Gasteiger partial charge is 0.847 e. The Hall–Kier alpha value is -1.31. The maximum Gasteiger partial charge on any atom is 2.00 e. The van der Waals surface area contributed by atoms with Crippen LogP contribution < -0.4 is 20.7 Å². The van der Waals surface area contributed by atoms with Gasteiger partial charge < -0.3 is 25.5 Å². The molecule has 8 heteroatoms. The van der Waals surface area contributed by atoms with Gasteiger partial charge in [-0.1, -0.05) is 12.1 Å². The molecule has 0 aliphatic heterocycles. The first-order valence-corrected chi connectivity index (χ1v) is 4.34. The van der Waals surface area contributed by atoms with Crippen LogP contribution in [0.3, 0.4) is 0 Å². The topological polar surface area (TPSA) is 139 Å². The molecule has 0 saturated heterocycles. The van der Waals surface area contributed by atoms with E-state index in [1.807, 2.05) is 0 Å². The molecule has 0 unspecified atom stereocenters. The van der Waals surface area contributed by atoms with Gasteiger partial charge in [0.05, 0.1) is 5.97 Å². The minimum atomic E-state index is -1.36. The number of hydrogen-bond donors (Lipinski definition) is 2. The van der Waals surface area contributed by atoms with Crippen LogP contribution in [0.5, 0.6) is 5.75 Å². The number of carboxylic acids is 1. The Labute approximate surface area is 133 Å². The molecule has 0 spiro atoms. The predicted molar refractivity (Wildman–Crippen MR) is 59.7 cm³/mol. The summed E-state index contributed by atoms with van der Waals surface area (Å²) in [5, 5.41) is 25.1. The summed E-state index contributed by atoms with van der Waals surface area (Å²) in [5.74, 6) is -1.92. The summed E-state index contributed by atoms with van der Waals surface area (Å²) in [5.41, 5.74) is 4.01. The number of benzene rings is 1. The van der Waals surface area contributed by atoms with Gasteiger partial charge >= 0.3 is 43.7 Å². The van der Waals surface area contributed by atoms with Crippen molar-refractivity contribution in [3.63, 3.8) is 0 Å². The van der Waals surface area contributed by atoms with Crippen molar-refractivity contribution in [1.82, 2.24) is 0 Å². The molecule has 1 aromatic rings. The van der Waals surface area contributed by atoms with E-state index in [9.17, 15) is 14.7 Å². The van der Waals surface area contributed by atoms with Crippen molar-refractivity contribution in [3.05, 3.63) is 29.8 Å². The minimum absolute atomic E-state index is 0. The largest absolute Gasteiger partial charge is 2.00 e. The van der Waals surface area contributed by atoms with Gasteiger partial charge in [0.25, 0.3) is 0 Å². The third-order valence-electron chi connectivity index (χ3n) is 1.36. The first kappa shape index (κ1) is 19.0. The molecule has 3 N–H and O–H groups in total. The maximum atomic E-state index is 10.6. The van der Waals surface area contributed by atoms with Crippen LogP contribution in [0, 0.1) is 5.41 Å². The number of esters is 1. The minimum Gasteiger partial charge on any atom is -0.847 e. The normalized spacial score (nSPS) is 8.06. The van der Waals surface area contributed by atoms with E-state index in [1.54, 1.807) is 6.07 Å². The van der Waals surface area contributed by atoms with Crippen LogP contribution in [0.2, 0.25) is 0 Å². The van der Waals surface area contributed by atoms with Gasteiger partial charge in [-0.25, -0.2) is 0 Å². The second kappa shape index (κ2) is 9.69. The van der Waals surface area contributed by atoms with E-state index < -0.39 is 18.0 Å². The van der Waals surface area contributed by atoms with Crippen LogP contribution in [-0.2, 0) is 4.79 Å². The van der Waals surface area contributed by atoms with Gasteiger partial charge in [0.2, 0.25) is 0 Å². The molecule has 0 fully saturated rings. The molecule has 0 radical (unpaired) electrons. The number of rotatable bonds is 2. The quantitative estimate of drug-likeness (QED) is 0.207. The van der Waals surface area contributed by atoms with Crippen LogP contribution in [0.1, 0.15) is 17.3 Å². The first-order chi connectivity index (χ1) is 7.84. The number of nitrogens with one attached hydrogen (secondary N) is 1. The van der Waals surface area contributed by atoms with Gasteiger partial charge in [0.15, 0.2) is 0 Å². The molecule has 92 valence electrons. The summed E-state index contributed by atoms with van der Waals surface area (Å²) < 4.78 is 4.65. The monoisotopic (exact) mass is 278 g/mol. The van der Waals surface area contributed by atoms with E-state index >= 15 is 0 Å². The Morgan fingerprint density at radius 3 is 2.11 bits per heavy atom. The fourth-order valence-electron chi connectivity index (χ4n) is 0.879. The van der Waals surface area contributed by atoms with Gasteiger partial charge in [0, 0.05) is 18.5 Å². The molecular formula is C10H10CaN2O5. The van der Waals surface area contributed by atoms with Crippen molar-refractivity contribution in [1.29, 1.82) is 5.41 Å². The van der Waals surface area contributed by atoms with Gasteiger partial charge in [-0.15, -0.1) is 0 Å². The van der Waals surface area contributed by atoms with Crippen LogP contribution in [0.4, 0.5) is 0 Å². The number of carbonyl (C=O) groups is 2. The van der Waals surface area contributed by atoms with E-state index in [-0.39, 0.29) is 49.1 Å². The average molecular weight is 278 g/mol. The predicted octanol–water partition coefficient (Wildman–Crippen LogP) is -2.17. The van der Waals surface area contributed by atoms with E-state index in [4.69, 9.17) is 10.5 Å². The van der Waals surface area contributed by atoms with E-state index in [0.29, 0.717) is 0 Å². The Kier molecular flexibility index (Phi) is 10.3. The Bertz CT molecular complexity index is 432. The number of carbonyl (C=O) groups excluding carboxylic acids is 2. The molecule has 1 rings (SSSR count). The van der Waals surface area contributed by atoms with Crippen molar-refractivity contribution >= 4 is 55.7 Å². The number of carboxylic acid groups (broad SMARTS) is 1. The number of amidine groups is 1. The molecule has 7 nitrogen and oxygen atoms in total. The summed E-state index contributed by atoms with van der Waals surface area (Å²) in [6.45, 7) is 1.20. The van der Waals surface area contributed by atoms with Crippen molar-refractivity contribution in [2.75, 3.05) is 0 Å². The van der Waals surface area contributed by atoms with E-state index in [0.717, 1.165) is 0 Å². The summed E-state index contributed by atoms with van der Waals surface area (Å²) in [7, 11) is 0. The Morgan fingerprint density at radius 2 is 1.72 bits per heavy atom. The molecular weight excluding hydrogens is 268 g/mol. The summed E-state index contributed by atoms with van der Waals surface area (Å²) in [4.78, 5) is 21.1. The van der Waals surface area contributed by atoms with Gasteiger partial charge in [-0.05, 0) is 12.1 Å². The van der Waals surface area contributed by atoms with Crippen LogP contribution >= 0.6 is 0 Å². The second-order valence-electron chi connectivity index (χ2n) is 2.74. The fourth-order valence-corrected chi connectivity index (χ4v) is 0.879. The zero-order valence-corrected chi connectivity index (χ0v) is 11.8. The second-order valence-corrected chi connectivity index (χ2v) is 2.74. The zero-order chi connectivity index (χ0) is 13.4.